The van der Waals surface area contributed by atoms with E-state index in [1.165, 1.54) is 0 Å². The van der Waals surface area contributed by atoms with E-state index in [0.29, 0.717) is 6.61 Å². The number of rotatable bonds is 18. The summed E-state index contributed by atoms with van der Waals surface area (Å²) in [5, 5.41) is 0. The van der Waals surface area contributed by atoms with Gasteiger partial charge in [-0.1, -0.05) is 78.8 Å². The van der Waals surface area contributed by atoms with Crippen LogP contribution < -0.4 is 0 Å². The standard InChI is InChI=1S/C28H52O4Si2/c1-10-33(11-2,12-3)31-24(8)21-23(7)27(32-34(13-4,14-5)15-6)28(25(9)29)30-22-26-19-17-16-18-20-26/h16-20,23-24,27-28H,10-15,21-22H2,1-9H3/t23-,24-,27+,28-/m1/s1. The highest BCUT2D eigenvalue weighted by atomic mass is 28.4. The molecule has 0 aliphatic heterocycles. The topological polar surface area (TPSA) is 44.8 Å². The predicted octanol–water partition coefficient (Wildman–Crippen LogP) is 7.99. The third kappa shape index (κ3) is 9.01. The van der Waals surface area contributed by atoms with Gasteiger partial charge in [0, 0.05) is 6.10 Å². The highest BCUT2D eigenvalue weighted by Crippen LogP contribution is 2.32. The molecular formula is C28H52O4Si2. The molecule has 0 bridgehead atoms. The summed E-state index contributed by atoms with van der Waals surface area (Å²) in [5.74, 6) is 0.209. The molecule has 0 heterocycles. The maximum Gasteiger partial charge on any atom is 0.192 e. The van der Waals surface area contributed by atoms with Gasteiger partial charge in [0.05, 0.1) is 12.7 Å². The Morgan fingerprint density at radius 2 is 1.26 bits per heavy atom. The van der Waals surface area contributed by atoms with Crippen LogP contribution in [-0.2, 0) is 25.0 Å². The molecule has 1 aromatic carbocycles. The van der Waals surface area contributed by atoms with Crippen molar-refractivity contribution in [3.05, 3.63) is 35.9 Å². The van der Waals surface area contributed by atoms with Crippen LogP contribution in [0, 0.1) is 5.92 Å². The van der Waals surface area contributed by atoms with Gasteiger partial charge in [0.15, 0.2) is 22.4 Å². The summed E-state index contributed by atoms with van der Waals surface area (Å²) in [5.41, 5.74) is 1.08. The van der Waals surface area contributed by atoms with Gasteiger partial charge in [-0.2, -0.15) is 0 Å². The number of benzene rings is 1. The summed E-state index contributed by atoms with van der Waals surface area (Å²) in [7, 11) is -3.63. The summed E-state index contributed by atoms with van der Waals surface area (Å²) in [4.78, 5) is 12.9. The van der Waals surface area contributed by atoms with E-state index in [9.17, 15) is 4.79 Å². The second-order valence-corrected chi connectivity index (χ2v) is 19.5. The first-order valence-electron chi connectivity index (χ1n) is 13.7. The van der Waals surface area contributed by atoms with E-state index in [1.54, 1.807) is 6.92 Å². The van der Waals surface area contributed by atoms with E-state index < -0.39 is 22.7 Å². The monoisotopic (exact) mass is 508 g/mol. The third-order valence-corrected chi connectivity index (χ3v) is 17.3. The molecular weight excluding hydrogens is 456 g/mol. The molecule has 0 spiro atoms. The highest BCUT2D eigenvalue weighted by molar-refractivity contribution is 6.74. The van der Waals surface area contributed by atoms with Gasteiger partial charge in [-0.15, -0.1) is 0 Å². The van der Waals surface area contributed by atoms with Crippen LogP contribution in [0.4, 0.5) is 0 Å². The number of carbonyl (C=O) groups is 1. The summed E-state index contributed by atoms with van der Waals surface area (Å²) >= 11 is 0. The lowest BCUT2D eigenvalue weighted by Crippen LogP contribution is -2.50. The minimum absolute atomic E-state index is 0.0481. The quantitative estimate of drug-likeness (QED) is 0.188. The van der Waals surface area contributed by atoms with Crippen molar-refractivity contribution in [2.45, 2.75) is 130 Å². The molecule has 0 aliphatic carbocycles. The second-order valence-electron chi connectivity index (χ2n) is 10.0. The summed E-state index contributed by atoms with van der Waals surface area (Å²) < 4.78 is 20.1. The molecule has 4 atom stereocenters. The third-order valence-electron chi connectivity index (χ3n) is 7.94. The van der Waals surface area contributed by atoms with Gasteiger partial charge in [-0.3, -0.25) is 4.79 Å². The molecule has 0 radical (unpaired) electrons. The Bertz CT molecular complexity index is 672. The highest BCUT2D eigenvalue weighted by Gasteiger charge is 2.41. The predicted molar refractivity (Wildman–Crippen MR) is 149 cm³/mol. The number of ether oxygens (including phenoxy) is 1. The molecule has 6 heteroatoms. The van der Waals surface area contributed by atoms with Gasteiger partial charge in [0.2, 0.25) is 0 Å². The first kappa shape index (κ1) is 31.2. The van der Waals surface area contributed by atoms with Crippen molar-refractivity contribution in [1.82, 2.24) is 0 Å². The fourth-order valence-corrected chi connectivity index (χ4v) is 11.0. The van der Waals surface area contributed by atoms with Crippen LogP contribution in [0.1, 0.15) is 74.3 Å². The zero-order chi connectivity index (χ0) is 25.8. The van der Waals surface area contributed by atoms with Gasteiger partial charge >= 0.3 is 0 Å². The fraction of sp³-hybridized carbons (Fsp3) is 0.750. The largest absolute Gasteiger partial charge is 0.414 e. The van der Waals surface area contributed by atoms with Gasteiger partial charge < -0.3 is 13.6 Å². The number of carbonyl (C=O) groups excluding carboxylic acids is 1. The Morgan fingerprint density at radius 3 is 1.71 bits per heavy atom. The number of Topliss-reactive ketones (excluding diaryl/α,β-unsaturated/α-hetero) is 1. The van der Waals surface area contributed by atoms with Crippen molar-refractivity contribution in [3.8, 4) is 0 Å². The van der Waals surface area contributed by atoms with Crippen molar-refractivity contribution >= 4 is 22.4 Å². The molecule has 0 N–H and O–H groups in total. The molecule has 1 aromatic rings. The van der Waals surface area contributed by atoms with Crippen molar-refractivity contribution in [2.24, 2.45) is 5.92 Å². The normalized spacial score (nSPS) is 16.1. The minimum Gasteiger partial charge on any atom is -0.414 e. The van der Waals surface area contributed by atoms with Crippen LogP contribution >= 0.6 is 0 Å². The lowest BCUT2D eigenvalue weighted by Gasteiger charge is -2.40. The van der Waals surface area contributed by atoms with E-state index in [1.807, 2.05) is 30.3 Å². The van der Waals surface area contributed by atoms with Crippen molar-refractivity contribution in [3.63, 3.8) is 0 Å². The zero-order valence-corrected chi connectivity index (χ0v) is 25.5. The first-order valence-corrected chi connectivity index (χ1v) is 18.7. The lowest BCUT2D eigenvalue weighted by molar-refractivity contribution is -0.140. The maximum atomic E-state index is 12.9. The van der Waals surface area contributed by atoms with Crippen LogP contribution in [-0.4, -0.2) is 40.7 Å². The van der Waals surface area contributed by atoms with Crippen molar-refractivity contribution in [1.29, 1.82) is 0 Å². The fourth-order valence-electron chi connectivity index (χ4n) is 5.10. The van der Waals surface area contributed by atoms with Gasteiger partial charge in [-0.05, 0) is 68.0 Å². The second kappa shape index (κ2) is 15.3. The first-order chi connectivity index (χ1) is 16.1. The smallest absolute Gasteiger partial charge is 0.192 e. The number of ketones is 1. The Kier molecular flexibility index (Phi) is 14.1. The molecule has 1 rings (SSSR count). The minimum atomic E-state index is -1.94. The Balaban J connectivity index is 3.16. The molecule has 0 amide bonds. The van der Waals surface area contributed by atoms with E-state index in [2.05, 4.69) is 55.4 Å². The Labute approximate surface area is 212 Å². The Hall–Kier alpha value is -0.796. The van der Waals surface area contributed by atoms with Crippen molar-refractivity contribution < 1.29 is 18.4 Å². The Morgan fingerprint density at radius 1 is 0.794 bits per heavy atom. The maximum absolute atomic E-state index is 12.9. The molecule has 0 fully saturated rings. The summed E-state index contributed by atoms with van der Waals surface area (Å²) in [6, 6.07) is 16.7. The molecule has 0 saturated carbocycles. The van der Waals surface area contributed by atoms with Crippen LogP contribution in [0.15, 0.2) is 30.3 Å². The van der Waals surface area contributed by atoms with Crippen molar-refractivity contribution in [2.75, 3.05) is 0 Å². The van der Waals surface area contributed by atoms with Crippen LogP contribution in [0.3, 0.4) is 0 Å². The molecule has 34 heavy (non-hydrogen) atoms. The summed E-state index contributed by atoms with van der Waals surface area (Å²) in [6.45, 7) is 20.0. The molecule has 0 unspecified atom stereocenters. The molecule has 196 valence electrons. The van der Waals surface area contributed by atoms with E-state index in [0.717, 1.165) is 48.2 Å². The summed E-state index contributed by atoms with van der Waals surface area (Å²) in [6.07, 6.45) is 0.207. The SMILES string of the molecule is CC[Si](CC)(CC)O[C@@H]([C@H](C)C[C@@H](C)O[Si](CC)(CC)CC)[C@H](OCc1ccccc1)C(C)=O. The van der Waals surface area contributed by atoms with E-state index in [-0.39, 0.29) is 23.9 Å². The molecule has 0 aromatic heterocycles. The van der Waals surface area contributed by atoms with Crippen LogP contribution in [0.25, 0.3) is 0 Å². The van der Waals surface area contributed by atoms with Gasteiger partial charge in [-0.25, -0.2) is 0 Å². The number of hydrogen-bond acceptors (Lipinski definition) is 4. The molecule has 0 saturated heterocycles. The van der Waals surface area contributed by atoms with Gasteiger partial charge in [0.1, 0.15) is 6.10 Å². The zero-order valence-electron chi connectivity index (χ0n) is 23.5. The van der Waals surface area contributed by atoms with E-state index in [4.69, 9.17) is 13.6 Å². The lowest BCUT2D eigenvalue weighted by atomic mass is 9.92. The van der Waals surface area contributed by atoms with E-state index >= 15 is 0 Å². The average Bonchev–Trinajstić information content (AvgIpc) is 2.85. The molecule has 4 nitrogen and oxygen atoms in total. The average molecular weight is 509 g/mol. The van der Waals surface area contributed by atoms with Gasteiger partial charge in [0.25, 0.3) is 0 Å². The van der Waals surface area contributed by atoms with Crippen LogP contribution in [0.5, 0.6) is 0 Å². The van der Waals surface area contributed by atoms with Crippen LogP contribution in [0.2, 0.25) is 36.3 Å². The molecule has 0 aliphatic rings. The number of hydrogen-bond donors (Lipinski definition) is 0.